The molecule has 0 spiro atoms. The zero-order valence-corrected chi connectivity index (χ0v) is 10.3. The molecule has 2 aromatic heterocycles. The Morgan fingerprint density at radius 2 is 2.19 bits per heavy atom. The van der Waals surface area contributed by atoms with Gasteiger partial charge in [0.25, 0.3) is 0 Å². The first-order chi connectivity index (χ1) is 7.79. The Hall–Kier alpha value is -0.970. The fraction of sp³-hybridized carbons (Fsp3) is 0.273. The van der Waals surface area contributed by atoms with Crippen LogP contribution in [-0.4, -0.2) is 16.5 Å². The molecule has 0 aliphatic carbocycles. The average molecular weight is 254 g/mol. The molecule has 2 aromatic rings. The lowest BCUT2D eigenvalue weighted by atomic mass is 10.2. The van der Waals surface area contributed by atoms with E-state index in [0.717, 1.165) is 33.6 Å². The van der Waals surface area contributed by atoms with Gasteiger partial charge >= 0.3 is 0 Å². The fourth-order valence-corrected chi connectivity index (χ4v) is 2.38. The summed E-state index contributed by atoms with van der Waals surface area (Å²) in [4.78, 5) is 9.76. The van der Waals surface area contributed by atoms with Crippen LogP contribution < -0.4 is 5.73 Å². The summed E-state index contributed by atoms with van der Waals surface area (Å²) in [5, 5.41) is 0. The van der Waals surface area contributed by atoms with Crippen LogP contribution in [-0.2, 0) is 6.42 Å². The molecule has 5 heteroatoms. The smallest absolute Gasteiger partial charge is 0.129 e. The van der Waals surface area contributed by atoms with Crippen molar-refractivity contribution in [3.63, 3.8) is 0 Å². The van der Waals surface area contributed by atoms with Crippen LogP contribution >= 0.6 is 22.9 Å². The minimum absolute atomic E-state index is 0.665. The number of nitrogens with two attached hydrogens (primary N) is 1. The standard InChI is InChI=1S/C11H12ClN3S/c12-10-4-3-9(16-10)8-5-7-14-11(15-8)2-1-6-13/h3-5,7H,1-2,6,13H2. The molecule has 0 unspecified atom stereocenters. The van der Waals surface area contributed by atoms with Crippen LogP contribution in [0.4, 0.5) is 0 Å². The first-order valence-electron chi connectivity index (χ1n) is 5.07. The van der Waals surface area contributed by atoms with E-state index >= 15 is 0 Å². The summed E-state index contributed by atoms with van der Waals surface area (Å²) in [6, 6.07) is 5.75. The molecule has 0 aliphatic heterocycles. The summed E-state index contributed by atoms with van der Waals surface area (Å²) in [6.07, 6.45) is 3.51. The highest BCUT2D eigenvalue weighted by molar-refractivity contribution is 7.19. The molecule has 0 amide bonds. The molecule has 2 rings (SSSR count). The lowest BCUT2D eigenvalue weighted by molar-refractivity contribution is 0.782. The first-order valence-corrected chi connectivity index (χ1v) is 6.27. The molecule has 0 atom stereocenters. The van der Waals surface area contributed by atoms with Crippen molar-refractivity contribution in [1.82, 2.24) is 9.97 Å². The number of aromatic nitrogens is 2. The van der Waals surface area contributed by atoms with Crippen molar-refractivity contribution in [2.24, 2.45) is 5.73 Å². The summed E-state index contributed by atoms with van der Waals surface area (Å²) in [6.45, 7) is 0.665. The van der Waals surface area contributed by atoms with Gasteiger partial charge in [0, 0.05) is 12.6 Å². The van der Waals surface area contributed by atoms with Gasteiger partial charge in [0.1, 0.15) is 5.82 Å². The van der Waals surface area contributed by atoms with Gasteiger partial charge in [0.15, 0.2) is 0 Å². The van der Waals surface area contributed by atoms with Crippen molar-refractivity contribution in [3.05, 3.63) is 34.6 Å². The number of hydrogen-bond acceptors (Lipinski definition) is 4. The zero-order valence-electron chi connectivity index (χ0n) is 8.69. The monoisotopic (exact) mass is 253 g/mol. The number of nitrogens with zero attached hydrogens (tertiary/aromatic N) is 2. The molecule has 0 saturated heterocycles. The van der Waals surface area contributed by atoms with E-state index in [0.29, 0.717) is 6.54 Å². The maximum absolute atomic E-state index is 5.89. The molecular formula is C11H12ClN3S. The SMILES string of the molecule is NCCCc1nccc(-c2ccc(Cl)s2)n1. The molecule has 84 valence electrons. The van der Waals surface area contributed by atoms with Crippen molar-refractivity contribution < 1.29 is 0 Å². The summed E-state index contributed by atoms with van der Waals surface area (Å²) in [5.41, 5.74) is 6.39. The Morgan fingerprint density at radius 1 is 1.31 bits per heavy atom. The van der Waals surface area contributed by atoms with E-state index in [4.69, 9.17) is 17.3 Å². The highest BCUT2D eigenvalue weighted by Crippen LogP contribution is 2.29. The van der Waals surface area contributed by atoms with Gasteiger partial charge in [-0.3, -0.25) is 0 Å². The largest absolute Gasteiger partial charge is 0.330 e. The third kappa shape index (κ3) is 2.78. The number of hydrogen-bond donors (Lipinski definition) is 1. The number of thiophene rings is 1. The van der Waals surface area contributed by atoms with Crippen LogP contribution in [0.15, 0.2) is 24.4 Å². The third-order valence-corrected chi connectivity index (χ3v) is 3.39. The van der Waals surface area contributed by atoms with Crippen LogP contribution in [0.25, 0.3) is 10.6 Å². The van der Waals surface area contributed by atoms with Crippen LogP contribution in [0.1, 0.15) is 12.2 Å². The summed E-state index contributed by atoms with van der Waals surface area (Å²) in [7, 11) is 0. The highest BCUT2D eigenvalue weighted by atomic mass is 35.5. The summed E-state index contributed by atoms with van der Waals surface area (Å²) in [5.74, 6) is 0.840. The van der Waals surface area contributed by atoms with Gasteiger partial charge < -0.3 is 5.73 Å². The molecule has 0 aliphatic rings. The second kappa shape index (κ2) is 5.39. The van der Waals surface area contributed by atoms with Gasteiger partial charge in [-0.1, -0.05) is 11.6 Å². The number of rotatable bonds is 4. The molecule has 3 nitrogen and oxygen atoms in total. The number of aryl methyl sites for hydroxylation is 1. The van der Waals surface area contributed by atoms with E-state index in [1.54, 1.807) is 6.20 Å². The second-order valence-corrected chi connectivity index (χ2v) is 5.07. The van der Waals surface area contributed by atoms with E-state index < -0.39 is 0 Å². The Balaban J connectivity index is 2.22. The van der Waals surface area contributed by atoms with Crippen LogP contribution in [0.2, 0.25) is 4.34 Å². The molecule has 0 fully saturated rings. The van der Waals surface area contributed by atoms with Crippen molar-refractivity contribution >= 4 is 22.9 Å². The van der Waals surface area contributed by atoms with Gasteiger partial charge in [-0.2, -0.15) is 0 Å². The van der Waals surface area contributed by atoms with E-state index in [-0.39, 0.29) is 0 Å². The highest BCUT2D eigenvalue weighted by Gasteiger charge is 2.04. The van der Waals surface area contributed by atoms with E-state index in [2.05, 4.69) is 9.97 Å². The maximum atomic E-state index is 5.89. The van der Waals surface area contributed by atoms with Crippen LogP contribution in [0.3, 0.4) is 0 Å². The van der Waals surface area contributed by atoms with Crippen molar-refractivity contribution in [2.75, 3.05) is 6.54 Å². The average Bonchev–Trinajstić information content (AvgIpc) is 2.74. The molecular weight excluding hydrogens is 242 g/mol. The second-order valence-electron chi connectivity index (χ2n) is 3.35. The zero-order chi connectivity index (χ0) is 11.4. The predicted octanol–water partition coefficient (Wildman–Crippen LogP) is 2.75. The van der Waals surface area contributed by atoms with E-state index in [1.807, 2.05) is 18.2 Å². The van der Waals surface area contributed by atoms with Gasteiger partial charge in [0.05, 0.1) is 14.9 Å². The van der Waals surface area contributed by atoms with Crippen LogP contribution in [0, 0.1) is 0 Å². The first kappa shape index (κ1) is 11.5. The van der Waals surface area contributed by atoms with Gasteiger partial charge in [-0.25, -0.2) is 9.97 Å². The Kier molecular flexibility index (Phi) is 3.88. The number of halogens is 1. The topological polar surface area (TPSA) is 51.8 Å². The minimum atomic E-state index is 0.665. The normalized spacial score (nSPS) is 10.6. The molecule has 0 radical (unpaired) electrons. The molecule has 16 heavy (non-hydrogen) atoms. The lowest BCUT2D eigenvalue weighted by Crippen LogP contribution is -2.03. The Bertz CT molecular complexity index is 470. The maximum Gasteiger partial charge on any atom is 0.129 e. The summed E-state index contributed by atoms with van der Waals surface area (Å²) >= 11 is 7.42. The molecule has 2 N–H and O–H groups in total. The molecule has 2 heterocycles. The Labute approximate surface area is 103 Å². The lowest BCUT2D eigenvalue weighted by Gasteiger charge is -2.00. The molecule has 0 bridgehead atoms. The molecule has 0 aromatic carbocycles. The fourth-order valence-electron chi connectivity index (χ4n) is 1.37. The van der Waals surface area contributed by atoms with Gasteiger partial charge in [-0.05, 0) is 31.2 Å². The van der Waals surface area contributed by atoms with Crippen molar-refractivity contribution in [2.45, 2.75) is 12.8 Å². The van der Waals surface area contributed by atoms with Gasteiger partial charge in [-0.15, -0.1) is 11.3 Å². The van der Waals surface area contributed by atoms with Crippen molar-refractivity contribution in [1.29, 1.82) is 0 Å². The van der Waals surface area contributed by atoms with Crippen molar-refractivity contribution in [3.8, 4) is 10.6 Å². The molecule has 0 saturated carbocycles. The quantitative estimate of drug-likeness (QED) is 0.912. The van der Waals surface area contributed by atoms with E-state index in [1.165, 1.54) is 11.3 Å². The van der Waals surface area contributed by atoms with Gasteiger partial charge in [0.2, 0.25) is 0 Å². The Morgan fingerprint density at radius 3 is 2.88 bits per heavy atom. The summed E-state index contributed by atoms with van der Waals surface area (Å²) < 4.78 is 0.775. The predicted molar refractivity (Wildman–Crippen MR) is 67.7 cm³/mol. The van der Waals surface area contributed by atoms with E-state index in [9.17, 15) is 0 Å². The van der Waals surface area contributed by atoms with Crippen LogP contribution in [0.5, 0.6) is 0 Å². The third-order valence-electron chi connectivity index (χ3n) is 2.14. The minimum Gasteiger partial charge on any atom is -0.330 e.